The third kappa shape index (κ3) is 6.94. The molecule has 5 unspecified atom stereocenters. The van der Waals surface area contributed by atoms with Crippen molar-refractivity contribution in [3.63, 3.8) is 0 Å². The lowest BCUT2D eigenvalue weighted by Gasteiger charge is -2.29. The monoisotopic (exact) mass is 416 g/mol. The molecule has 1 heterocycles. The van der Waals surface area contributed by atoms with E-state index in [-0.39, 0.29) is 12.3 Å². The van der Waals surface area contributed by atoms with Gasteiger partial charge in [-0.1, -0.05) is 13.8 Å². The zero-order chi connectivity index (χ0) is 22.3. The van der Waals surface area contributed by atoms with Crippen LogP contribution in [0.1, 0.15) is 40.0 Å². The molecule has 0 aromatic heterocycles. The van der Waals surface area contributed by atoms with Gasteiger partial charge in [0.1, 0.15) is 18.1 Å². The number of rotatable bonds is 10. The van der Waals surface area contributed by atoms with Gasteiger partial charge in [-0.2, -0.15) is 0 Å². The number of nitrogens with one attached hydrogen (secondary N) is 2. The predicted octanol–water partition coefficient (Wildman–Crippen LogP) is -2.22. The number of nitrogens with zero attached hydrogens (tertiary/aromatic N) is 1. The quantitative estimate of drug-likeness (QED) is 0.231. The number of carboxylic acid groups (broad SMARTS) is 1. The number of nitrogens with two attached hydrogens (primary N) is 1. The molecule has 0 spiro atoms. The van der Waals surface area contributed by atoms with Gasteiger partial charge in [-0.3, -0.25) is 14.4 Å². The van der Waals surface area contributed by atoms with Crippen molar-refractivity contribution in [2.24, 2.45) is 11.7 Å². The van der Waals surface area contributed by atoms with E-state index in [1.165, 1.54) is 11.8 Å². The number of hydrogen-bond donors (Lipinski definition) is 6. The molecule has 1 aliphatic rings. The fourth-order valence-electron chi connectivity index (χ4n) is 3.21. The van der Waals surface area contributed by atoms with Crippen molar-refractivity contribution in [2.75, 3.05) is 13.2 Å². The standard InChI is InChI=1S/C18H32N4O7/c1-9(2)7-12(15(25)21-14(10(3)24)18(28)29)20-16(26)13-5-4-6-22(13)17(27)11(19)8-23/h9-14,23-24H,4-8,19H2,1-3H3,(H,20,26)(H,21,25)(H,28,29). The molecule has 11 nitrogen and oxygen atoms in total. The van der Waals surface area contributed by atoms with Crippen LogP contribution in [0.5, 0.6) is 0 Å². The Hall–Kier alpha value is -2.24. The molecule has 0 radical (unpaired) electrons. The molecule has 11 heteroatoms. The number of aliphatic hydroxyl groups excluding tert-OH is 2. The molecule has 3 amide bonds. The van der Waals surface area contributed by atoms with Gasteiger partial charge in [0.15, 0.2) is 6.04 Å². The van der Waals surface area contributed by atoms with E-state index >= 15 is 0 Å². The summed E-state index contributed by atoms with van der Waals surface area (Å²) in [5.74, 6) is -3.22. The van der Waals surface area contributed by atoms with E-state index in [0.717, 1.165) is 0 Å². The molecule has 29 heavy (non-hydrogen) atoms. The van der Waals surface area contributed by atoms with Gasteiger partial charge in [-0.15, -0.1) is 0 Å². The highest BCUT2D eigenvalue weighted by Crippen LogP contribution is 2.19. The molecule has 0 saturated carbocycles. The Kier molecular flexibility index (Phi) is 9.47. The van der Waals surface area contributed by atoms with Crippen LogP contribution in [-0.2, 0) is 19.2 Å². The number of aliphatic carboxylic acids is 1. The van der Waals surface area contributed by atoms with Crippen molar-refractivity contribution in [1.29, 1.82) is 0 Å². The zero-order valence-electron chi connectivity index (χ0n) is 17.0. The van der Waals surface area contributed by atoms with Crippen molar-refractivity contribution < 1.29 is 34.5 Å². The highest BCUT2D eigenvalue weighted by atomic mass is 16.4. The summed E-state index contributed by atoms with van der Waals surface area (Å²) >= 11 is 0. The first-order valence-corrected chi connectivity index (χ1v) is 9.68. The van der Waals surface area contributed by atoms with E-state index in [9.17, 15) is 24.3 Å². The maximum atomic E-state index is 12.8. The average Bonchev–Trinajstić information content (AvgIpc) is 3.12. The molecular weight excluding hydrogens is 384 g/mol. The molecule has 7 N–H and O–H groups in total. The van der Waals surface area contributed by atoms with Crippen LogP contribution in [0.4, 0.5) is 0 Å². The first-order valence-electron chi connectivity index (χ1n) is 9.68. The molecule has 0 aromatic rings. The second-order valence-corrected chi connectivity index (χ2v) is 7.73. The second-order valence-electron chi connectivity index (χ2n) is 7.73. The topological polar surface area (TPSA) is 182 Å². The Bertz CT molecular complexity index is 611. The number of carbonyl (C=O) groups excluding carboxylic acids is 3. The predicted molar refractivity (Wildman–Crippen MR) is 102 cm³/mol. The minimum atomic E-state index is -1.51. The molecule has 5 atom stereocenters. The first kappa shape index (κ1) is 24.8. The number of carboxylic acids is 1. The Morgan fingerprint density at radius 1 is 1.17 bits per heavy atom. The van der Waals surface area contributed by atoms with Crippen LogP contribution in [0.3, 0.4) is 0 Å². The zero-order valence-corrected chi connectivity index (χ0v) is 17.0. The van der Waals surface area contributed by atoms with Crippen LogP contribution in [0, 0.1) is 5.92 Å². The van der Waals surface area contributed by atoms with Gasteiger partial charge < -0.3 is 36.6 Å². The molecule has 1 saturated heterocycles. The van der Waals surface area contributed by atoms with E-state index in [0.29, 0.717) is 19.4 Å². The molecule has 0 aliphatic carbocycles. The Morgan fingerprint density at radius 3 is 2.28 bits per heavy atom. The fraction of sp³-hybridized carbons (Fsp3) is 0.778. The summed E-state index contributed by atoms with van der Waals surface area (Å²) in [4.78, 5) is 50.1. The molecule has 1 rings (SSSR count). The van der Waals surface area contributed by atoms with Crippen molar-refractivity contribution in [3.05, 3.63) is 0 Å². The van der Waals surface area contributed by atoms with Crippen molar-refractivity contribution >= 4 is 23.7 Å². The van der Waals surface area contributed by atoms with Crippen LogP contribution in [-0.4, -0.2) is 87.3 Å². The van der Waals surface area contributed by atoms with Crippen molar-refractivity contribution in [3.8, 4) is 0 Å². The number of carbonyl (C=O) groups is 4. The van der Waals surface area contributed by atoms with E-state index in [1.807, 2.05) is 13.8 Å². The average molecular weight is 416 g/mol. The maximum Gasteiger partial charge on any atom is 0.328 e. The summed E-state index contributed by atoms with van der Waals surface area (Å²) < 4.78 is 0. The van der Waals surface area contributed by atoms with Gasteiger partial charge in [0.25, 0.3) is 0 Å². The maximum absolute atomic E-state index is 12.8. The van der Waals surface area contributed by atoms with Gasteiger partial charge >= 0.3 is 5.97 Å². The van der Waals surface area contributed by atoms with Crippen LogP contribution in [0.15, 0.2) is 0 Å². The number of amides is 3. The summed E-state index contributed by atoms with van der Waals surface area (Å²) in [6.07, 6.45) is -0.126. The number of likely N-dealkylation sites (tertiary alicyclic amines) is 1. The van der Waals surface area contributed by atoms with Gasteiger partial charge in [0.2, 0.25) is 17.7 Å². The molecule has 1 aliphatic heterocycles. The summed E-state index contributed by atoms with van der Waals surface area (Å²) in [7, 11) is 0. The van der Waals surface area contributed by atoms with Crippen LogP contribution in [0.2, 0.25) is 0 Å². The highest BCUT2D eigenvalue weighted by molar-refractivity contribution is 5.94. The van der Waals surface area contributed by atoms with Gasteiger partial charge in [-0.25, -0.2) is 4.79 Å². The third-order valence-corrected chi connectivity index (χ3v) is 4.74. The van der Waals surface area contributed by atoms with Gasteiger partial charge in [0, 0.05) is 6.54 Å². The lowest BCUT2D eigenvalue weighted by molar-refractivity contribution is -0.145. The number of aliphatic hydroxyl groups is 2. The Morgan fingerprint density at radius 2 is 1.79 bits per heavy atom. The fourth-order valence-corrected chi connectivity index (χ4v) is 3.21. The Balaban J connectivity index is 2.91. The first-order chi connectivity index (χ1) is 13.5. The Labute approximate surface area is 169 Å². The summed E-state index contributed by atoms with van der Waals surface area (Å²) in [5, 5.41) is 32.6. The molecule has 166 valence electrons. The summed E-state index contributed by atoms with van der Waals surface area (Å²) in [5.41, 5.74) is 5.57. The van der Waals surface area contributed by atoms with Gasteiger partial charge in [0.05, 0.1) is 12.7 Å². The number of hydrogen-bond acceptors (Lipinski definition) is 7. The van der Waals surface area contributed by atoms with E-state index < -0.39 is 60.6 Å². The van der Waals surface area contributed by atoms with Gasteiger partial charge in [-0.05, 0) is 32.1 Å². The highest BCUT2D eigenvalue weighted by Gasteiger charge is 2.38. The summed E-state index contributed by atoms with van der Waals surface area (Å²) in [6, 6.07) is -4.50. The van der Waals surface area contributed by atoms with E-state index in [4.69, 9.17) is 15.9 Å². The SMILES string of the molecule is CC(C)CC(NC(=O)C1CCCN1C(=O)C(N)CO)C(=O)NC(C(=O)O)C(C)O. The van der Waals surface area contributed by atoms with Crippen LogP contribution in [0.25, 0.3) is 0 Å². The van der Waals surface area contributed by atoms with Crippen molar-refractivity contribution in [2.45, 2.75) is 70.3 Å². The largest absolute Gasteiger partial charge is 0.480 e. The van der Waals surface area contributed by atoms with Crippen molar-refractivity contribution in [1.82, 2.24) is 15.5 Å². The normalized spacial score (nSPS) is 20.7. The smallest absolute Gasteiger partial charge is 0.328 e. The van der Waals surface area contributed by atoms with E-state index in [2.05, 4.69) is 10.6 Å². The minimum absolute atomic E-state index is 0.00463. The summed E-state index contributed by atoms with van der Waals surface area (Å²) in [6.45, 7) is 4.68. The molecule has 1 fully saturated rings. The minimum Gasteiger partial charge on any atom is -0.480 e. The van der Waals surface area contributed by atoms with Crippen LogP contribution >= 0.6 is 0 Å². The lowest BCUT2D eigenvalue weighted by Crippen LogP contribution is -2.58. The lowest BCUT2D eigenvalue weighted by atomic mass is 10.0. The van der Waals surface area contributed by atoms with E-state index in [1.54, 1.807) is 0 Å². The van der Waals surface area contributed by atoms with Crippen LogP contribution < -0.4 is 16.4 Å². The third-order valence-electron chi connectivity index (χ3n) is 4.74. The molecule has 0 aromatic carbocycles. The molecule has 0 bridgehead atoms. The second kappa shape index (κ2) is 11.1. The molecular formula is C18H32N4O7.